The van der Waals surface area contributed by atoms with Crippen molar-refractivity contribution in [1.29, 1.82) is 0 Å². The molecule has 2 heterocycles. The Morgan fingerprint density at radius 2 is 1.84 bits per heavy atom. The maximum Gasteiger partial charge on any atom is 0.411 e. The normalized spacial score (nSPS) is 21.6. The van der Waals surface area contributed by atoms with Crippen LogP contribution in [-0.4, -0.2) is 56.2 Å². The fourth-order valence-corrected chi connectivity index (χ4v) is 4.95. The number of guanidine groups is 1. The molecule has 4 N–H and O–H groups in total. The number of hydrogen-bond donors (Lipinski definition) is 4. The van der Waals surface area contributed by atoms with E-state index in [1.807, 2.05) is 26.0 Å². The van der Waals surface area contributed by atoms with E-state index in [4.69, 9.17) is 4.74 Å². The SMILES string of the molecule is CCC1(CC)CC(=O)N(Cc2cccc(C(=O)N[C@@H]3c4ccccc4OC(C)(C)[C@H]3O)c2)C(NC(=O)O)=N1. The Bertz CT molecular complexity index is 1270. The van der Waals surface area contributed by atoms with Gasteiger partial charge in [0.15, 0.2) is 0 Å². The van der Waals surface area contributed by atoms with Crippen molar-refractivity contribution in [2.24, 2.45) is 4.99 Å². The van der Waals surface area contributed by atoms with Crippen molar-refractivity contribution in [2.75, 3.05) is 0 Å². The van der Waals surface area contributed by atoms with Gasteiger partial charge in [-0.05, 0) is 50.5 Å². The first-order chi connectivity index (χ1) is 18.0. The summed E-state index contributed by atoms with van der Waals surface area (Å²) >= 11 is 0. The quantitative estimate of drug-likeness (QED) is 0.457. The molecule has 0 unspecified atom stereocenters. The number of hydrogen-bond acceptors (Lipinski definition) is 6. The lowest BCUT2D eigenvalue weighted by Gasteiger charge is -2.42. The zero-order chi connectivity index (χ0) is 27.7. The van der Waals surface area contributed by atoms with Gasteiger partial charge in [0.25, 0.3) is 5.91 Å². The molecule has 2 aliphatic heterocycles. The average molecular weight is 523 g/mol. The van der Waals surface area contributed by atoms with E-state index in [-0.39, 0.29) is 24.8 Å². The van der Waals surface area contributed by atoms with Gasteiger partial charge in [0.05, 0.1) is 24.5 Å². The maximum absolute atomic E-state index is 13.3. The van der Waals surface area contributed by atoms with Crippen LogP contribution in [0.2, 0.25) is 0 Å². The monoisotopic (exact) mass is 522 g/mol. The summed E-state index contributed by atoms with van der Waals surface area (Å²) in [5, 5.41) is 25.5. The molecule has 0 spiro atoms. The molecule has 0 saturated heterocycles. The molecule has 2 aromatic carbocycles. The molecule has 0 aromatic heterocycles. The topological polar surface area (TPSA) is 141 Å². The molecule has 3 amide bonds. The molecule has 0 bridgehead atoms. The van der Waals surface area contributed by atoms with E-state index in [1.54, 1.807) is 50.2 Å². The fraction of sp³-hybridized carbons (Fsp3) is 0.429. The predicted molar refractivity (Wildman–Crippen MR) is 141 cm³/mol. The molecular weight excluding hydrogens is 488 g/mol. The second kappa shape index (κ2) is 10.4. The first kappa shape index (κ1) is 27.1. The highest BCUT2D eigenvalue weighted by Crippen LogP contribution is 2.39. The van der Waals surface area contributed by atoms with Crippen molar-refractivity contribution >= 4 is 23.9 Å². The summed E-state index contributed by atoms with van der Waals surface area (Å²) < 4.78 is 5.93. The van der Waals surface area contributed by atoms with Gasteiger partial charge in [0.1, 0.15) is 17.5 Å². The van der Waals surface area contributed by atoms with Gasteiger partial charge in [0.2, 0.25) is 11.9 Å². The summed E-state index contributed by atoms with van der Waals surface area (Å²) in [6.45, 7) is 7.41. The van der Waals surface area contributed by atoms with E-state index in [9.17, 15) is 24.6 Å². The summed E-state index contributed by atoms with van der Waals surface area (Å²) in [5.74, 6) is -0.0664. The average Bonchev–Trinajstić information content (AvgIpc) is 2.88. The smallest absolute Gasteiger partial charge is 0.411 e. The number of aliphatic hydroxyl groups excluding tert-OH is 1. The van der Waals surface area contributed by atoms with Crippen molar-refractivity contribution in [2.45, 2.75) is 76.8 Å². The van der Waals surface area contributed by atoms with Crippen LogP contribution < -0.4 is 15.4 Å². The van der Waals surface area contributed by atoms with Crippen molar-refractivity contribution in [3.05, 3.63) is 65.2 Å². The molecule has 0 aliphatic carbocycles. The Morgan fingerprint density at radius 3 is 2.53 bits per heavy atom. The minimum Gasteiger partial charge on any atom is -0.485 e. The number of carbonyl (C=O) groups excluding carboxylic acids is 2. The third kappa shape index (κ3) is 5.35. The Hall–Kier alpha value is -3.92. The molecule has 0 saturated carbocycles. The van der Waals surface area contributed by atoms with Gasteiger partial charge in [-0.15, -0.1) is 0 Å². The van der Waals surface area contributed by atoms with Crippen LogP contribution in [0.1, 0.15) is 74.5 Å². The number of aliphatic hydroxyl groups is 1. The molecule has 2 aliphatic rings. The van der Waals surface area contributed by atoms with Crippen LogP contribution in [0.25, 0.3) is 0 Å². The number of carbonyl (C=O) groups is 3. The molecule has 4 rings (SSSR count). The van der Waals surface area contributed by atoms with Gasteiger partial charge in [-0.1, -0.05) is 44.2 Å². The van der Waals surface area contributed by atoms with Crippen LogP contribution in [0, 0.1) is 0 Å². The number of amides is 3. The van der Waals surface area contributed by atoms with Crippen molar-refractivity contribution in [3.63, 3.8) is 0 Å². The zero-order valence-electron chi connectivity index (χ0n) is 22.0. The highest BCUT2D eigenvalue weighted by atomic mass is 16.5. The standard InChI is InChI=1S/C28H34N4O6/c1-5-28(6-2)15-21(33)32(25(31-28)30-26(36)37)16-17-10-9-11-18(14-17)24(35)29-22-19-12-7-8-13-20(19)38-27(3,4)23(22)34/h7-14,22-23,34H,5-6,15-16H2,1-4H3,(H,29,35)(H,30,31)(H,36,37)/t22-,23+/m1/s1. The van der Waals surface area contributed by atoms with Crippen LogP contribution in [0.15, 0.2) is 53.5 Å². The molecule has 10 heteroatoms. The van der Waals surface area contributed by atoms with Crippen molar-refractivity contribution in [3.8, 4) is 5.75 Å². The first-order valence-electron chi connectivity index (χ1n) is 12.7. The second-order valence-electron chi connectivity index (χ2n) is 10.3. The Labute approximate surface area is 221 Å². The summed E-state index contributed by atoms with van der Waals surface area (Å²) in [6, 6.07) is 13.3. The lowest BCUT2D eigenvalue weighted by molar-refractivity contribution is -0.130. The summed E-state index contributed by atoms with van der Waals surface area (Å²) in [7, 11) is 0. The molecule has 202 valence electrons. The number of fused-ring (bicyclic) bond motifs is 1. The van der Waals surface area contributed by atoms with Crippen molar-refractivity contribution < 1.29 is 29.3 Å². The molecular formula is C28H34N4O6. The molecule has 0 radical (unpaired) electrons. The largest absolute Gasteiger partial charge is 0.485 e. The van der Waals surface area contributed by atoms with E-state index in [0.29, 0.717) is 35.3 Å². The first-order valence-corrected chi connectivity index (χ1v) is 12.7. The molecule has 2 atom stereocenters. The fourth-order valence-electron chi connectivity index (χ4n) is 4.95. The van der Waals surface area contributed by atoms with Crippen LogP contribution in [0.3, 0.4) is 0 Å². The number of carboxylic acid groups (broad SMARTS) is 1. The number of nitrogens with one attached hydrogen (secondary N) is 2. The summed E-state index contributed by atoms with van der Waals surface area (Å²) in [4.78, 5) is 43.8. The number of rotatable bonds is 6. The van der Waals surface area contributed by atoms with Crippen LogP contribution in [0.5, 0.6) is 5.75 Å². The number of ether oxygens (including phenoxy) is 1. The third-order valence-corrected chi connectivity index (χ3v) is 7.39. The van der Waals surface area contributed by atoms with Crippen molar-refractivity contribution in [1.82, 2.24) is 15.5 Å². The number of para-hydroxylation sites is 1. The number of aliphatic imine (C=N–C) groups is 1. The molecule has 0 fully saturated rings. The minimum atomic E-state index is -1.31. The summed E-state index contributed by atoms with van der Waals surface area (Å²) in [6.07, 6.45) is -0.935. The predicted octanol–water partition coefficient (Wildman–Crippen LogP) is 3.60. The van der Waals surface area contributed by atoms with Crippen LogP contribution >= 0.6 is 0 Å². The van der Waals surface area contributed by atoms with Gasteiger partial charge in [-0.25, -0.2) is 9.79 Å². The maximum atomic E-state index is 13.3. The molecule has 38 heavy (non-hydrogen) atoms. The van der Waals surface area contributed by atoms with E-state index < -0.39 is 35.3 Å². The van der Waals surface area contributed by atoms with Crippen LogP contribution in [0.4, 0.5) is 4.79 Å². The Balaban J connectivity index is 1.58. The van der Waals surface area contributed by atoms with Gasteiger partial charge in [-0.3, -0.25) is 19.8 Å². The molecule has 2 aromatic rings. The number of nitrogens with zero attached hydrogens (tertiary/aromatic N) is 2. The Morgan fingerprint density at radius 1 is 1.13 bits per heavy atom. The van der Waals surface area contributed by atoms with E-state index in [2.05, 4.69) is 15.6 Å². The second-order valence-corrected chi connectivity index (χ2v) is 10.3. The van der Waals surface area contributed by atoms with Gasteiger partial charge in [-0.2, -0.15) is 0 Å². The summed E-state index contributed by atoms with van der Waals surface area (Å²) in [5.41, 5.74) is 0.0733. The van der Waals surface area contributed by atoms with Gasteiger partial charge < -0.3 is 20.3 Å². The molecule has 10 nitrogen and oxygen atoms in total. The van der Waals surface area contributed by atoms with Gasteiger partial charge >= 0.3 is 6.09 Å². The minimum absolute atomic E-state index is 0.0172. The highest BCUT2D eigenvalue weighted by molar-refractivity contribution is 6.04. The van der Waals surface area contributed by atoms with Gasteiger partial charge in [0, 0.05) is 11.1 Å². The third-order valence-electron chi connectivity index (χ3n) is 7.39. The van der Waals surface area contributed by atoms with Crippen LogP contribution in [-0.2, 0) is 11.3 Å². The zero-order valence-corrected chi connectivity index (χ0v) is 22.0. The lowest BCUT2D eigenvalue weighted by Crippen LogP contribution is -2.53. The lowest BCUT2D eigenvalue weighted by atomic mass is 9.86. The van der Waals surface area contributed by atoms with E-state index in [1.165, 1.54) is 4.90 Å². The van der Waals surface area contributed by atoms with E-state index >= 15 is 0 Å². The van der Waals surface area contributed by atoms with E-state index in [0.717, 1.165) is 0 Å². The Kier molecular flexibility index (Phi) is 7.46. The highest BCUT2D eigenvalue weighted by Gasteiger charge is 2.43. The number of benzene rings is 2.